The van der Waals surface area contributed by atoms with Crippen LogP contribution in [0, 0.1) is 0 Å². The van der Waals surface area contributed by atoms with Crippen LogP contribution in [-0.2, 0) is 0 Å². The van der Waals surface area contributed by atoms with Crippen molar-refractivity contribution in [3.05, 3.63) is 72.7 Å². The second-order valence-corrected chi connectivity index (χ2v) is 5.43. The molecule has 2 aromatic carbocycles. The molecule has 4 aromatic rings. The van der Waals surface area contributed by atoms with E-state index in [2.05, 4.69) is 39.2 Å². The summed E-state index contributed by atoms with van der Waals surface area (Å²) in [5, 5.41) is 8.99. The summed E-state index contributed by atoms with van der Waals surface area (Å²) in [7, 11) is 0. The number of hydrogen-bond acceptors (Lipinski definition) is 3. The number of carbonyl (C=O) groups is 1. The van der Waals surface area contributed by atoms with Crippen molar-refractivity contribution in [2.24, 2.45) is 0 Å². The Hall–Kier alpha value is -3.47. The second-order valence-electron chi connectivity index (χ2n) is 5.43. The molecule has 2 heterocycles. The fourth-order valence-electron chi connectivity index (χ4n) is 2.64. The molecule has 0 aliphatic heterocycles. The standard InChI is InChI=1S/C19H13N3O2/c23-19(24)18-21-16-10-15(11-20-17(16)22-18)14-8-6-13(7-9-14)12-4-2-1-3-5-12/h1-11H,(H,23,24)(H,20,21,22). The monoisotopic (exact) mass is 315 g/mol. The number of H-pyrrole nitrogens is 1. The number of benzene rings is 2. The average Bonchev–Trinajstić information content (AvgIpc) is 3.06. The van der Waals surface area contributed by atoms with Gasteiger partial charge in [0.2, 0.25) is 5.82 Å². The molecule has 0 unspecified atom stereocenters. The predicted octanol–water partition coefficient (Wildman–Crippen LogP) is 3.99. The Kier molecular flexibility index (Phi) is 3.31. The number of carboxylic acid groups (broad SMARTS) is 1. The topological polar surface area (TPSA) is 78.9 Å². The first-order valence-electron chi connectivity index (χ1n) is 7.45. The van der Waals surface area contributed by atoms with Gasteiger partial charge < -0.3 is 10.1 Å². The second kappa shape index (κ2) is 5.62. The van der Waals surface area contributed by atoms with Gasteiger partial charge in [-0.1, -0.05) is 54.6 Å². The maximum atomic E-state index is 11.0. The minimum atomic E-state index is -1.10. The van der Waals surface area contributed by atoms with Crippen molar-refractivity contribution in [2.45, 2.75) is 0 Å². The predicted molar refractivity (Wildman–Crippen MR) is 91.7 cm³/mol. The zero-order chi connectivity index (χ0) is 16.5. The maximum absolute atomic E-state index is 11.0. The Balaban J connectivity index is 1.70. The Morgan fingerprint density at radius 1 is 0.875 bits per heavy atom. The minimum Gasteiger partial charge on any atom is -0.475 e. The maximum Gasteiger partial charge on any atom is 0.371 e. The summed E-state index contributed by atoms with van der Waals surface area (Å²) in [4.78, 5) is 22.0. The number of rotatable bonds is 3. The highest BCUT2D eigenvalue weighted by atomic mass is 16.4. The van der Waals surface area contributed by atoms with Gasteiger partial charge in [0.25, 0.3) is 0 Å². The lowest BCUT2D eigenvalue weighted by Gasteiger charge is -2.04. The molecular weight excluding hydrogens is 302 g/mol. The molecule has 0 aliphatic rings. The highest BCUT2D eigenvalue weighted by Crippen LogP contribution is 2.25. The number of aromatic amines is 1. The fraction of sp³-hybridized carbons (Fsp3) is 0. The number of aromatic nitrogens is 3. The van der Waals surface area contributed by atoms with E-state index < -0.39 is 5.97 Å². The van der Waals surface area contributed by atoms with E-state index in [-0.39, 0.29) is 5.82 Å². The van der Waals surface area contributed by atoms with Crippen molar-refractivity contribution < 1.29 is 9.90 Å². The molecule has 0 saturated heterocycles. The van der Waals surface area contributed by atoms with Crippen molar-refractivity contribution in [3.63, 3.8) is 0 Å². The number of aromatic carboxylic acids is 1. The Morgan fingerprint density at radius 3 is 2.17 bits per heavy atom. The third-order valence-corrected chi connectivity index (χ3v) is 3.86. The van der Waals surface area contributed by atoms with Crippen LogP contribution in [0.5, 0.6) is 0 Å². The highest BCUT2D eigenvalue weighted by Gasteiger charge is 2.11. The lowest BCUT2D eigenvalue weighted by atomic mass is 10.0. The number of nitrogens with zero attached hydrogens (tertiary/aromatic N) is 2. The minimum absolute atomic E-state index is 0.103. The van der Waals surface area contributed by atoms with Gasteiger partial charge in [-0.25, -0.2) is 14.8 Å². The van der Waals surface area contributed by atoms with Crippen molar-refractivity contribution in [3.8, 4) is 22.3 Å². The molecule has 2 N–H and O–H groups in total. The van der Waals surface area contributed by atoms with Crippen LogP contribution < -0.4 is 0 Å². The lowest BCUT2D eigenvalue weighted by molar-refractivity contribution is 0.0685. The third kappa shape index (κ3) is 2.52. The van der Waals surface area contributed by atoms with Crippen LogP contribution in [0.2, 0.25) is 0 Å². The molecule has 5 heteroatoms. The average molecular weight is 315 g/mol. The van der Waals surface area contributed by atoms with E-state index in [4.69, 9.17) is 5.11 Å². The number of carboxylic acids is 1. The van der Waals surface area contributed by atoms with Crippen LogP contribution in [0.1, 0.15) is 10.6 Å². The Bertz CT molecular complexity index is 1020. The van der Waals surface area contributed by atoms with Crippen LogP contribution in [0.3, 0.4) is 0 Å². The summed E-state index contributed by atoms with van der Waals surface area (Å²) >= 11 is 0. The van der Waals surface area contributed by atoms with E-state index in [1.807, 2.05) is 36.4 Å². The Morgan fingerprint density at radius 2 is 1.50 bits per heavy atom. The van der Waals surface area contributed by atoms with Crippen LogP contribution in [0.25, 0.3) is 33.4 Å². The number of fused-ring (bicyclic) bond motifs is 1. The van der Waals surface area contributed by atoms with E-state index in [1.165, 1.54) is 0 Å². The lowest BCUT2D eigenvalue weighted by Crippen LogP contribution is -1.97. The normalized spacial score (nSPS) is 10.8. The van der Waals surface area contributed by atoms with Gasteiger partial charge in [-0.15, -0.1) is 0 Å². The number of nitrogens with one attached hydrogen (secondary N) is 1. The largest absolute Gasteiger partial charge is 0.475 e. The van der Waals surface area contributed by atoms with Crippen LogP contribution in [-0.4, -0.2) is 26.0 Å². The molecule has 4 rings (SSSR count). The summed E-state index contributed by atoms with van der Waals surface area (Å²) in [5.74, 6) is -1.20. The smallest absolute Gasteiger partial charge is 0.371 e. The van der Waals surface area contributed by atoms with Crippen LogP contribution in [0.15, 0.2) is 66.9 Å². The molecule has 116 valence electrons. The fourth-order valence-corrected chi connectivity index (χ4v) is 2.64. The molecule has 0 fully saturated rings. The molecule has 0 radical (unpaired) electrons. The molecule has 0 saturated carbocycles. The molecule has 0 atom stereocenters. The zero-order valence-electron chi connectivity index (χ0n) is 12.6. The van der Waals surface area contributed by atoms with Crippen molar-refractivity contribution >= 4 is 17.1 Å². The summed E-state index contributed by atoms with van der Waals surface area (Å²) in [6, 6.07) is 20.2. The molecular formula is C19H13N3O2. The molecule has 0 spiro atoms. The first kappa shape index (κ1) is 14.1. The summed E-state index contributed by atoms with van der Waals surface area (Å²) in [6.45, 7) is 0. The van der Waals surface area contributed by atoms with E-state index in [0.717, 1.165) is 22.3 Å². The third-order valence-electron chi connectivity index (χ3n) is 3.86. The molecule has 0 amide bonds. The first-order valence-corrected chi connectivity index (χ1v) is 7.45. The molecule has 0 bridgehead atoms. The molecule has 24 heavy (non-hydrogen) atoms. The van der Waals surface area contributed by atoms with Crippen molar-refractivity contribution in [1.29, 1.82) is 0 Å². The molecule has 0 aliphatic carbocycles. The van der Waals surface area contributed by atoms with Gasteiger partial charge in [0.15, 0.2) is 5.65 Å². The summed E-state index contributed by atoms with van der Waals surface area (Å²) in [6.07, 6.45) is 1.71. The Labute approximate surface area is 137 Å². The quantitative estimate of drug-likeness (QED) is 0.599. The van der Waals surface area contributed by atoms with Gasteiger partial charge in [0.1, 0.15) is 5.52 Å². The number of hydrogen-bond donors (Lipinski definition) is 2. The first-order chi connectivity index (χ1) is 11.7. The van der Waals surface area contributed by atoms with Gasteiger partial charge in [0, 0.05) is 11.8 Å². The number of pyridine rings is 1. The molecule has 5 nitrogen and oxygen atoms in total. The van der Waals surface area contributed by atoms with Gasteiger partial charge in [-0.2, -0.15) is 0 Å². The van der Waals surface area contributed by atoms with Crippen LogP contribution in [0.4, 0.5) is 0 Å². The van der Waals surface area contributed by atoms with Crippen LogP contribution >= 0.6 is 0 Å². The van der Waals surface area contributed by atoms with Crippen molar-refractivity contribution in [2.75, 3.05) is 0 Å². The van der Waals surface area contributed by atoms with E-state index >= 15 is 0 Å². The van der Waals surface area contributed by atoms with Gasteiger partial charge >= 0.3 is 5.97 Å². The van der Waals surface area contributed by atoms with E-state index in [9.17, 15) is 4.79 Å². The van der Waals surface area contributed by atoms with Gasteiger partial charge in [0.05, 0.1) is 0 Å². The summed E-state index contributed by atoms with van der Waals surface area (Å²) in [5.41, 5.74) is 5.21. The van der Waals surface area contributed by atoms with Crippen molar-refractivity contribution in [1.82, 2.24) is 15.0 Å². The van der Waals surface area contributed by atoms with E-state index in [1.54, 1.807) is 6.20 Å². The summed E-state index contributed by atoms with van der Waals surface area (Å²) < 4.78 is 0. The zero-order valence-corrected chi connectivity index (χ0v) is 12.6. The number of imidazole rings is 1. The van der Waals surface area contributed by atoms with Gasteiger partial charge in [-0.05, 0) is 22.8 Å². The molecule has 2 aromatic heterocycles. The van der Waals surface area contributed by atoms with Gasteiger partial charge in [-0.3, -0.25) is 0 Å². The highest BCUT2D eigenvalue weighted by molar-refractivity contribution is 5.89. The SMILES string of the molecule is O=C(O)c1nc2cc(-c3ccc(-c4ccccc4)cc3)cnc2[nH]1. The van der Waals surface area contributed by atoms with E-state index in [0.29, 0.717) is 11.2 Å².